The molecule has 2 heterocycles. The van der Waals surface area contributed by atoms with Crippen molar-refractivity contribution in [1.82, 2.24) is 15.1 Å². The number of nitrogens with one attached hydrogen (secondary N) is 1. The normalized spacial score (nSPS) is 14.9. The second kappa shape index (κ2) is 9.30. The number of nitrogens with zero attached hydrogens (tertiary/aromatic N) is 3. The highest BCUT2D eigenvalue weighted by molar-refractivity contribution is 5.91. The smallest absolute Gasteiger partial charge is 0.289 e. The van der Waals surface area contributed by atoms with Gasteiger partial charge in [-0.1, -0.05) is 6.07 Å². The molecule has 0 atom stereocenters. The van der Waals surface area contributed by atoms with Crippen LogP contribution in [0, 0.1) is 13.8 Å². The molecule has 3 rings (SSSR count). The minimum absolute atomic E-state index is 0.0607. The zero-order valence-electron chi connectivity index (χ0n) is 16.8. The fraction of sp³-hybridized carbons (Fsp3) is 0.429. The van der Waals surface area contributed by atoms with E-state index in [-0.39, 0.29) is 5.91 Å². The average Bonchev–Trinajstić information content (AvgIpc) is 3.22. The van der Waals surface area contributed by atoms with Gasteiger partial charge in [0.05, 0.1) is 12.8 Å². The van der Waals surface area contributed by atoms with Crippen molar-refractivity contribution in [2.75, 3.05) is 46.4 Å². The largest absolute Gasteiger partial charge is 0.492 e. The predicted molar refractivity (Wildman–Crippen MR) is 109 cm³/mol. The van der Waals surface area contributed by atoms with Crippen LogP contribution in [0.4, 0.5) is 0 Å². The van der Waals surface area contributed by atoms with Crippen LogP contribution in [0.5, 0.6) is 5.75 Å². The van der Waals surface area contributed by atoms with Gasteiger partial charge in [-0.25, -0.2) is 0 Å². The van der Waals surface area contributed by atoms with Crippen LogP contribution < -0.4 is 10.1 Å². The predicted octanol–water partition coefficient (Wildman–Crippen LogP) is 2.31. The summed E-state index contributed by atoms with van der Waals surface area (Å²) < 4.78 is 11.0. The zero-order chi connectivity index (χ0) is 19.9. The van der Waals surface area contributed by atoms with Crippen molar-refractivity contribution in [1.29, 1.82) is 0 Å². The highest BCUT2D eigenvalue weighted by Crippen LogP contribution is 2.16. The van der Waals surface area contributed by atoms with E-state index < -0.39 is 0 Å². The number of hydrogen-bond donors (Lipinski definition) is 1. The maximum absolute atomic E-state index is 12.4. The van der Waals surface area contributed by atoms with Crippen LogP contribution in [0.2, 0.25) is 0 Å². The lowest BCUT2D eigenvalue weighted by Crippen LogP contribution is -2.54. The quantitative estimate of drug-likeness (QED) is 0.487. The van der Waals surface area contributed by atoms with Crippen LogP contribution in [-0.2, 0) is 0 Å². The molecule has 0 radical (unpaired) electrons. The Balaban J connectivity index is 1.43. The van der Waals surface area contributed by atoms with E-state index in [1.54, 1.807) is 19.2 Å². The molecule has 1 saturated heterocycles. The molecule has 7 heteroatoms. The number of guanidine groups is 1. The molecule has 1 aliphatic heterocycles. The van der Waals surface area contributed by atoms with E-state index >= 15 is 0 Å². The third-order valence-electron chi connectivity index (χ3n) is 4.66. The Hall–Kier alpha value is -2.96. The number of amides is 1. The molecule has 0 bridgehead atoms. The summed E-state index contributed by atoms with van der Waals surface area (Å²) in [6.45, 7) is 8.07. The number of carbonyl (C=O) groups is 1. The standard InChI is InChI=1S/C21H28N4O3/c1-16-13-17(2)15-18(14-16)27-12-6-23-21(22-3)25-9-7-24(8-10-25)20(26)19-5-4-11-28-19/h4-5,11,13-15H,6-10,12H2,1-3H3,(H,22,23). The molecule has 1 aromatic carbocycles. The summed E-state index contributed by atoms with van der Waals surface area (Å²) in [6, 6.07) is 9.64. The minimum atomic E-state index is -0.0607. The number of piperazine rings is 1. The van der Waals surface area contributed by atoms with E-state index in [0.717, 1.165) is 24.8 Å². The van der Waals surface area contributed by atoms with Crippen LogP contribution >= 0.6 is 0 Å². The van der Waals surface area contributed by atoms with Gasteiger partial charge in [0, 0.05) is 33.2 Å². The summed E-state index contributed by atoms with van der Waals surface area (Å²) in [6.07, 6.45) is 1.52. The zero-order valence-corrected chi connectivity index (χ0v) is 16.8. The molecule has 1 amide bonds. The molecule has 1 aliphatic rings. The molecule has 0 aliphatic carbocycles. The molecule has 7 nitrogen and oxygen atoms in total. The van der Waals surface area contributed by atoms with Gasteiger partial charge in [0.25, 0.3) is 5.91 Å². The number of aryl methyl sites for hydroxylation is 2. The maximum atomic E-state index is 12.4. The van der Waals surface area contributed by atoms with Crippen molar-refractivity contribution in [3.05, 3.63) is 53.5 Å². The van der Waals surface area contributed by atoms with Crippen molar-refractivity contribution in [3.8, 4) is 5.75 Å². The summed E-state index contributed by atoms with van der Waals surface area (Å²) in [4.78, 5) is 20.7. The molecular formula is C21H28N4O3. The summed E-state index contributed by atoms with van der Waals surface area (Å²) >= 11 is 0. The van der Waals surface area contributed by atoms with Crippen molar-refractivity contribution in [3.63, 3.8) is 0 Å². The number of aliphatic imine (C=N–C) groups is 1. The first-order valence-electron chi connectivity index (χ1n) is 9.56. The van der Waals surface area contributed by atoms with Crippen LogP contribution in [0.1, 0.15) is 21.7 Å². The SMILES string of the molecule is CN=C(NCCOc1cc(C)cc(C)c1)N1CCN(C(=O)c2ccco2)CC1. The second-order valence-electron chi connectivity index (χ2n) is 6.90. The lowest BCUT2D eigenvalue weighted by molar-refractivity contribution is 0.0657. The molecule has 150 valence electrons. The van der Waals surface area contributed by atoms with Gasteiger partial charge in [0.2, 0.25) is 0 Å². The lowest BCUT2D eigenvalue weighted by Gasteiger charge is -2.36. The van der Waals surface area contributed by atoms with E-state index in [2.05, 4.69) is 35.1 Å². The molecule has 0 unspecified atom stereocenters. The van der Waals surface area contributed by atoms with E-state index in [1.807, 2.05) is 17.0 Å². The molecule has 28 heavy (non-hydrogen) atoms. The Morgan fingerprint density at radius 2 is 1.82 bits per heavy atom. The Morgan fingerprint density at radius 3 is 2.43 bits per heavy atom. The molecule has 1 N–H and O–H groups in total. The second-order valence-corrected chi connectivity index (χ2v) is 6.90. The Morgan fingerprint density at radius 1 is 1.14 bits per heavy atom. The van der Waals surface area contributed by atoms with Crippen molar-refractivity contribution < 1.29 is 13.9 Å². The number of rotatable bonds is 5. The Labute approximate surface area is 166 Å². The van der Waals surface area contributed by atoms with Crippen LogP contribution in [0.25, 0.3) is 0 Å². The first-order chi connectivity index (χ1) is 13.6. The van der Waals surface area contributed by atoms with Crippen molar-refractivity contribution in [2.24, 2.45) is 4.99 Å². The summed E-state index contributed by atoms with van der Waals surface area (Å²) in [5.41, 5.74) is 2.39. The number of carbonyl (C=O) groups excluding carboxylic acids is 1. The molecule has 0 saturated carbocycles. The molecule has 0 spiro atoms. The van der Waals surface area contributed by atoms with Crippen LogP contribution in [0.3, 0.4) is 0 Å². The topological polar surface area (TPSA) is 70.3 Å². The number of benzene rings is 1. The van der Waals surface area contributed by atoms with Gasteiger partial charge in [0.1, 0.15) is 12.4 Å². The van der Waals surface area contributed by atoms with Crippen molar-refractivity contribution >= 4 is 11.9 Å². The van der Waals surface area contributed by atoms with E-state index in [9.17, 15) is 4.79 Å². The third-order valence-corrected chi connectivity index (χ3v) is 4.66. The molecule has 2 aromatic rings. The maximum Gasteiger partial charge on any atom is 0.289 e. The lowest BCUT2D eigenvalue weighted by atomic mass is 10.1. The van der Waals surface area contributed by atoms with Gasteiger partial charge in [-0.15, -0.1) is 0 Å². The van der Waals surface area contributed by atoms with Gasteiger partial charge >= 0.3 is 0 Å². The van der Waals surface area contributed by atoms with Crippen LogP contribution in [0.15, 0.2) is 46.0 Å². The fourth-order valence-electron chi connectivity index (χ4n) is 3.36. The monoisotopic (exact) mass is 384 g/mol. The summed E-state index contributed by atoms with van der Waals surface area (Å²) in [5.74, 6) is 2.04. The van der Waals surface area contributed by atoms with E-state index in [1.165, 1.54) is 17.4 Å². The van der Waals surface area contributed by atoms with Gasteiger partial charge in [-0.2, -0.15) is 0 Å². The van der Waals surface area contributed by atoms with Gasteiger partial charge < -0.3 is 24.3 Å². The van der Waals surface area contributed by atoms with Crippen molar-refractivity contribution in [2.45, 2.75) is 13.8 Å². The molecular weight excluding hydrogens is 356 g/mol. The fourth-order valence-corrected chi connectivity index (χ4v) is 3.36. The summed E-state index contributed by atoms with van der Waals surface area (Å²) in [7, 11) is 1.77. The number of ether oxygens (including phenoxy) is 1. The first kappa shape index (κ1) is 19.8. The van der Waals surface area contributed by atoms with E-state index in [0.29, 0.717) is 32.0 Å². The Kier molecular flexibility index (Phi) is 6.57. The highest BCUT2D eigenvalue weighted by Gasteiger charge is 2.25. The third kappa shape index (κ3) is 5.06. The highest BCUT2D eigenvalue weighted by atomic mass is 16.5. The Bertz CT molecular complexity index is 789. The molecule has 1 aromatic heterocycles. The van der Waals surface area contributed by atoms with Gasteiger partial charge in [-0.05, 0) is 49.2 Å². The summed E-state index contributed by atoms with van der Waals surface area (Å²) in [5, 5.41) is 3.34. The van der Waals surface area contributed by atoms with Gasteiger partial charge in [-0.3, -0.25) is 9.79 Å². The van der Waals surface area contributed by atoms with Crippen LogP contribution in [-0.4, -0.2) is 68.0 Å². The molecule has 1 fully saturated rings. The minimum Gasteiger partial charge on any atom is -0.492 e. The number of furan rings is 1. The van der Waals surface area contributed by atoms with E-state index in [4.69, 9.17) is 9.15 Å². The average molecular weight is 384 g/mol. The van der Waals surface area contributed by atoms with Gasteiger partial charge in [0.15, 0.2) is 11.7 Å². The first-order valence-corrected chi connectivity index (χ1v) is 9.56. The number of hydrogen-bond acceptors (Lipinski definition) is 4.